The van der Waals surface area contributed by atoms with Crippen LogP contribution in [0.5, 0.6) is 0 Å². The topological polar surface area (TPSA) is 17.8 Å². The molecule has 0 spiro atoms. The Kier molecular flexibility index (Phi) is 7.66. The molecule has 2 nitrogen and oxygen atoms in total. The van der Waals surface area contributed by atoms with E-state index in [9.17, 15) is 0 Å². The van der Waals surface area contributed by atoms with Crippen LogP contribution in [0.1, 0.15) is 57.4 Å². The van der Waals surface area contributed by atoms with Gasteiger partial charge in [-0.2, -0.15) is 5.75 Å². The first-order chi connectivity index (χ1) is 12.8. The van der Waals surface area contributed by atoms with E-state index in [2.05, 4.69) is 76.4 Å². The Hall–Kier alpha value is -1.000. The standard InChI is InChI=1S/C24H32N2S.Ta/c1-7-26-21-11-10-17(4)13-19(21)20(14-24(5,6)15-27)23(26)18-9-8-12-25-22(18)16(2)3;/h8-13,16,27H,7,14-15H2,1-6H3;/p-1. The van der Waals surface area contributed by atoms with Crippen LogP contribution in [0, 0.1) is 12.3 Å². The van der Waals surface area contributed by atoms with Crippen LogP contribution < -0.4 is 0 Å². The molecule has 0 fully saturated rings. The van der Waals surface area contributed by atoms with E-state index in [1.807, 2.05) is 6.20 Å². The fourth-order valence-electron chi connectivity index (χ4n) is 3.96. The Morgan fingerprint density at radius 1 is 1.18 bits per heavy atom. The molecule has 0 bridgehead atoms. The Labute approximate surface area is 191 Å². The third kappa shape index (κ3) is 4.43. The summed E-state index contributed by atoms with van der Waals surface area (Å²) in [6.45, 7) is 14.4. The summed E-state index contributed by atoms with van der Waals surface area (Å²) in [6, 6.07) is 11.1. The van der Waals surface area contributed by atoms with E-state index in [4.69, 9.17) is 17.6 Å². The van der Waals surface area contributed by atoms with E-state index in [1.165, 1.54) is 39.0 Å². The van der Waals surface area contributed by atoms with Crippen LogP contribution in [0.2, 0.25) is 0 Å². The van der Waals surface area contributed by atoms with Gasteiger partial charge >= 0.3 is 0 Å². The largest absolute Gasteiger partial charge is 0.792 e. The second-order valence-corrected chi connectivity index (χ2v) is 8.96. The van der Waals surface area contributed by atoms with E-state index >= 15 is 0 Å². The predicted molar refractivity (Wildman–Crippen MR) is 119 cm³/mol. The molecule has 4 heteroatoms. The molecule has 0 aliphatic carbocycles. The van der Waals surface area contributed by atoms with Crippen molar-refractivity contribution in [1.82, 2.24) is 9.55 Å². The molecular weight excluding hydrogens is 529 g/mol. The quantitative estimate of drug-likeness (QED) is 0.331. The minimum absolute atomic E-state index is 0. The summed E-state index contributed by atoms with van der Waals surface area (Å²) in [5, 5.41) is 1.36. The number of benzene rings is 1. The fraction of sp³-hybridized carbons (Fsp3) is 0.458. The molecule has 1 radical (unpaired) electrons. The molecule has 0 unspecified atom stereocenters. The van der Waals surface area contributed by atoms with Crippen LogP contribution in [-0.2, 0) is 48.0 Å². The molecule has 1 aromatic carbocycles. The second kappa shape index (κ2) is 9.21. The number of aryl methyl sites for hydroxylation is 2. The number of pyridine rings is 1. The van der Waals surface area contributed by atoms with Gasteiger partial charge in [-0.1, -0.05) is 44.7 Å². The van der Waals surface area contributed by atoms with Crippen molar-refractivity contribution in [2.75, 3.05) is 5.75 Å². The van der Waals surface area contributed by atoms with Crippen LogP contribution in [0.15, 0.2) is 36.5 Å². The van der Waals surface area contributed by atoms with Crippen molar-refractivity contribution in [3.05, 3.63) is 53.3 Å². The zero-order chi connectivity index (χ0) is 19.8. The van der Waals surface area contributed by atoms with Gasteiger partial charge in [-0.05, 0) is 56.0 Å². The first-order valence-corrected chi connectivity index (χ1v) is 10.5. The smallest absolute Gasteiger partial charge is 0.0542 e. The molecule has 0 saturated carbocycles. The average Bonchev–Trinajstić information content (AvgIpc) is 2.93. The Morgan fingerprint density at radius 2 is 1.89 bits per heavy atom. The Morgan fingerprint density at radius 3 is 2.50 bits per heavy atom. The van der Waals surface area contributed by atoms with Crippen molar-refractivity contribution in [2.24, 2.45) is 5.41 Å². The third-order valence-corrected chi connectivity index (χ3v) is 6.11. The van der Waals surface area contributed by atoms with E-state index in [1.54, 1.807) is 0 Å². The van der Waals surface area contributed by atoms with Gasteiger partial charge in [0.1, 0.15) is 0 Å². The maximum absolute atomic E-state index is 5.48. The summed E-state index contributed by atoms with van der Waals surface area (Å²) in [5.74, 6) is 1.13. The molecule has 0 amide bonds. The van der Waals surface area contributed by atoms with Crippen LogP contribution in [0.3, 0.4) is 0 Å². The van der Waals surface area contributed by atoms with Gasteiger partial charge in [0.15, 0.2) is 0 Å². The minimum atomic E-state index is 0. The van der Waals surface area contributed by atoms with Crippen molar-refractivity contribution in [3.63, 3.8) is 0 Å². The molecule has 149 valence electrons. The van der Waals surface area contributed by atoms with E-state index < -0.39 is 0 Å². The maximum Gasteiger partial charge on any atom is 0.0542 e. The van der Waals surface area contributed by atoms with Crippen molar-refractivity contribution in [3.8, 4) is 11.3 Å². The first kappa shape index (κ1) is 23.3. The molecule has 2 aromatic heterocycles. The molecule has 0 aliphatic rings. The van der Waals surface area contributed by atoms with Crippen LogP contribution in [0.4, 0.5) is 0 Å². The van der Waals surface area contributed by atoms with Crippen LogP contribution >= 0.6 is 0 Å². The fourth-order valence-corrected chi connectivity index (χ4v) is 4.06. The van der Waals surface area contributed by atoms with Gasteiger partial charge < -0.3 is 17.2 Å². The number of hydrogen-bond donors (Lipinski definition) is 0. The van der Waals surface area contributed by atoms with Crippen LogP contribution in [-0.4, -0.2) is 15.3 Å². The van der Waals surface area contributed by atoms with Crippen molar-refractivity contribution in [1.29, 1.82) is 0 Å². The molecule has 3 aromatic rings. The van der Waals surface area contributed by atoms with Crippen LogP contribution in [0.25, 0.3) is 22.2 Å². The summed E-state index contributed by atoms with van der Waals surface area (Å²) >= 11 is 5.48. The minimum Gasteiger partial charge on any atom is -0.792 e. The average molecular weight is 561 g/mol. The van der Waals surface area contributed by atoms with E-state index in [0.29, 0.717) is 5.92 Å². The summed E-state index contributed by atoms with van der Waals surface area (Å²) in [6.07, 6.45) is 2.89. The Balaban J connectivity index is 0.00000280. The molecule has 0 aliphatic heterocycles. The third-order valence-electron chi connectivity index (χ3n) is 5.33. The first-order valence-electron chi connectivity index (χ1n) is 9.94. The number of nitrogens with zero attached hydrogens (tertiary/aromatic N) is 2. The normalized spacial score (nSPS) is 11.9. The number of fused-ring (bicyclic) bond motifs is 1. The maximum atomic E-state index is 5.48. The summed E-state index contributed by atoms with van der Waals surface area (Å²) in [5.41, 5.74) is 7.87. The zero-order valence-electron chi connectivity index (χ0n) is 17.9. The van der Waals surface area contributed by atoms with Crippen molar-refractivity contribution in [2.45, 2.75) is 60.4 Å². The van der Waals surface area contributed by atoms with E-state index in [0.717, 1.165) is 18.7 Å². The number of aromatic nitrogens is 2. The predicted octanol–water partition coefficient (Wildman–Crippen LogP) is 6.27. The van der Waals surface area contributed by atoms with Gasteiger partial charge in [-0.25, -0.2) is 0 Å². The van der Waals surface area contributed by atoms with E-state index in [-0.39, 0.29) is 27.8 Å². The molecule has 28 heavy (non-hydrogen) atoms. The Bertz CT molecular complexity index is 957. The zero-order valence-corrected chi connectivity index (χ0v) is 21.9. The molecule has 3 rings (SSSR count). The van der Waals surface area contributed by atoms with Gasteiger partial charge in [0.2, 0.25) is 0 Å². The molecule has 0 atom stereocenters. The SMILES string of the molecule is CCn1c(-c2cccnc2C(C)C)c(CC(C)(C)C[S-])c2cc(C)ccc21.[Ta]. The van der Waals surface area contributed by atoms with Gasteiger partial charge in [0.05, 0.1) is 11.4 Å². The monoisotopic (exact) mass is 560 g/mol. The summed E-state index contributed by atoms with van der Waals surface area (Å²) in [7, 11) is 0. The van der Waals surface area contributed by atoms with Gasteiger partial charge in [0.25, 0.3) is 0 Å². The number of rotatable bonds is 6. The van der Waals surface area contributed by atoms with Gasteiger partial charge in [-0.3, -0.25) is 4.98 Å². The van der Waals surface area contributed by atoms with Gasteiger partial charge in [-0.15, -0.1) is 0 Å². The molecule has 0 saturated heterocycles. The second-order valence-electron chi connectivity index (χ2n) is 8.67. The molecule has 0 N–H and O–H groups in total. The number of hydrogen-bond acceptors (Lipinski definition) is 2. The summed E-state index contributed by atoms with van der Waals surface area (Å²) in [4.78, 5) is 4.74. The molecular formula is C24H31N2STa-. The van der Waals surface area contributed by atoms with Crippen molar-refractivity contribution >= 4 is 23.5 Å². The molecule has 2 heterocycles. The van der Waals surface area contributed by atoms with Gasteiger partial charge in [0, 0.05) is 51.6 Å². The summed E-state index contributed by atoms with van der Waals surface area (Å²) < 4.78 is 2.46. The van der Waals surface area contributed by atoms with Crippen molar-refractivity contribution < 1.29 is 22.4 Å².